The third-order valence-electron chi connectivity index (χ3n) is 7.69. The van der Waals surface area contributed by atoms with Crippen LogP contribution in [0.25, 0.3) is 22.3 Å². The number of alkyl halides is 3. The number of nitrogens with two attached hydrogens (primary N) is 1. The second kappa shape index (κ2) is 9.99. The summed E-state index contributed by atoms with van der Waals surface area (Å²) < 4.78 is 39.8. The van der Waals surface area contributed by atoms with Crippen LogP contribution in [-0.4, -0.2) is 62.0 Å². The summed E-state index contributed by atoms with van der Waals surface area (Å²) in [5.41, 5.74) is 7.56. The predicted molar refractivity (Wildman–Crippen MR) is 144 cm³/mol. The Morgan fingerprint density at radius 2 is 1.90 bits per heavy atom. The molecule has 2 atom stereocenters. The van der Waals surface area contributed by atoms with Crippen LogP contribution in [0.1, 0.15) is 43.4 Å². The quantitative estimate of drug-likeness (QED) is 0.320. The van der Waals surface area contributed by atoms with Crippen LogP contribution in [0.4, 0.5) is 30.6 Å². The summed E-state index contributed by atoms with van der Waals surface area (Å²) in [5.74, 6) is 1.28. The van der Waals surface area contributed by atoms with Crippen molar-refractivity contribution >= 4 is 28.5 Å². The minimum Gasteiger partial charge on any atom is -0.396 e. The van der Waals surface area contributed by atoms with Crippen molar-refractivity contribution in [1.82, 2.24) is 29.8 Å². The Hall–Kier alpha value is -3.93. The van der Waals surface area contributed by atoms with Crippen LogP contribution in [0, 0.1) is 0 Å². The maximum absolute atomic E-state index is 13.3. The molecule has 4 aromatic heterocycles. The molecule has 2 aliphatic rings. The van der Waals surface area contributed by atoms with Crippen LogP contribution in [0.5, 0.6) is 0 Å². The van der Waals surface area contributed by atoms with E-state index in [1.807, 2.05) is 25.3 Å². The molecule has 0 bridgehead atoms. The van der Waals surface area contributed by atoms with Gasteiger partial charge in [-0.1, -0.05) is 6.07 Å². The molecule has 2 fully saturated rings. The number of rotatable bonds is 6. The zero-order chi connectivity index (χ0) is 27.1. The van der Waals surface area contributed by atoms with Crippen LogP contribution >= 0.6 is 0 Å². The number of pyridine rings is 2. The maximum Gasteiger partial charge on any atom is 0.417 e. The van der Waals surface area contributed by atoms with Crippen molar-refractivity contribution in [3.8, 4) is 11.3 Å². The van der Waals surface area contributed by atoms with Crippen LogP contribution in [0.15, 0.2) is 43.0 Å². The topological polar surface area (TPSA) is 112 Å². The smallest absolute Gasteiger partial charge is 0.396 e. The van der Waals surface area contributed by atoms with Crippen molar-refractivity contribution in [2.24, 2.45) is 0 Å². The number of anilines is 3. The summed E-state index contributed by atoms with van der Waals surface area (Å²) in [5, 5.41) is 3.54. The summed E-state index contributed by atoms with van der Waals surface area (Å²) in [6, 6.07) is 5.59. The molecule has 204 valence electrons. The molecule has 0 unspecified atom stereocenters. The molecule has 0 radical (unpaired) electrons. The molecule has 0 aromatic carbocycles. The molecule has 0 saturated carbocycles. The molecule has 2 aliphatic heterocycles. The Kier molecular flexibility index (Phi) is 6.49. The Morgan fingerprint density at radius 3 is 2.64 bits per heavy atom. The van der Waals surface area contributed by atoms with E-state index in [-0.39, 0.29) is 17.1 Å². The number of H-pyrrole nitrogens is 1. The number of hydrogen-bond donors (Lipinski definition) is 3. The van der Waals surface area contributed by atoms with Gasteiger partial charge >= 0.3 is 6.18 Å². The molecule has 0 spiro atoms. The molecular formula is C27H30F3N9. The number of likely N-dealkylation sites (tertiary alicyclic amines) is 1. The van der Waals surface area contributed by atoms with Crippen molar-refractivity contribution in [1.29, 1.82) is 0 Å². The third-order valence-corrected chi connectivity index (χ3v) is 7.69. The standard InChI is InChI=1S/C27H30F3N9/c1-16(17-4-5-23(32-11-17)39-9-6-19(15-39)38-7-2-3-8-38)36-26-35-14-22(31)24(37-26)21-13-34-25-20(21)10-18(12-33-25)27(28,29)30/h4-5,10-14,16,19H,2-3,6-9,15,31H2,1H3,(H,33,34)(H,35,36,37)/t16-,19+/m1/s1. The second-order valence-electron chi connectivity index (χ2n) is 10.3. The largest absolute Gasteiger partial charge is 0.417 e. The number of aromatic amines is 1. The predicted octanol–water partition coefficient (Wildman–Crippen LogP) is 4.86. The Labute approximate surface area is 223 Å². The lowest BCUT2D eigenvalue weighted by Crippen LogP contribution is -2.35. The minimum absolute atomic E-state index is 0.166. The van der Waals surface area contributed by atoms with Gasteiger partial charge in [0.1, 0.15) is 17.2 Å². The molecule has 6 rings (SSSR count). The maximum atomic E-state index is 13.3. The van der Waals surface area contributed by atoms with Crippen LogP contribution in [-0.2, 0) is 6.18 Å². The first kappa shape index (κ1) is 25.4. The molecule has 0 amide bonds. The van der Waals surface area contributed by atoms with Gasteiger partial charge in [0, 0.05) is 48.7 Å². The third kappa shape index (κ3) is 5.08. The number of aromatic nitrogens is 5. The average molecular weight is 538 g/mol. The summed E-state index contributed by atoms with van der Waals surface area (Å²) >= 11 is 0. The van der Waals surface area contributed by atoms with E-state index < -0.39 is 11.7 Å². The summed E-state index contributed by atoms with van der Waals surface area (Å²) in [7, 11) is 0. The van der Waals surface area contributed by atoms with Crippen molar-refractivity contribution in [3.05, 3.63) is 54.1 Å². The van der Waals surface area contributed by atoms with Gasteiger partial charge in [-0.2, -0.15) is 13.2 Å². The van der Waals surface area contributed by atoms with Crippen LogP contribution < -0.4 is 16.0 Å². The summed E-state index contributed by atoms with van der Waals surface area (Å²) in [6.07, 6.45) is 4.91. The molecule has 2 saturated heterocycles. The zero-order valence-corrected chi connectivity index (χ0v) is 21.5. The fourth-order valence-corrected chi connectivity index (χ4v) is 5.50. The first-order valence-electron chi connectivity index (χ1n) is 13.1. The van der Waals surface area contributed by atoms with Gasteiger partial charge in [0.15, 0.2) is 0 Å². The summed E-state index contributed by atoms with van der Waals surface area (Å²) in [4.78, 5) is 25.3. The van der Waals surface area contributed by atoms with E-state index >= 15 is 0 Å². The lowest BCUT2D eigenvalue weighted by Gasteiger charge is -2.24. The van der Waals surface area contributed by atoms with Gasteiger partial charge in [-0.25, -0.2) is 19.9 Å². The fourth-order valence-electron chi connectivity index (χ4n) is 5.50. The van der Waals surface area contributed by atoms with E-state index in [1.54, 1.807) is 6.20 Å². The number of nitrogens with zero attached hydrogens (tertiary/aromatic N) is 6. The fraction of sp³-hybridized carbons (Fsp3) is 0.407. The first-order chi connectivity index (χ1) is 18.8. The SMILES string of the molecule is C[C@@H](Nc1ncc(N)c(-c2c[nH]c3ncc(C(F)(F)F)cc23)n1)c1ccc(N2CC[C@H](N3CCCC3)C2)nc1. The molecule has 9 nitrogen and oxygen atoms in total. The molecule has 6 heterocycles. The van der Waals surface area contributed by atoms with Crippen molar-refractivity contribution in [2.75, 3.05) is 42.1 Å². The van der Waals surface area contributed by atoms with Gasteiger partial charge in [0.25, 0.3) is 0 Å². The van der Waals surface area contributed by atoms with Gasteiger partial charge in [0.2, 0.25) is 5.95 Å². The Bertz CT molecular complexity index is 1460. The van der Waals surface area contributed by atoms with E-state index in [2.05, 4.69) is 35.1 Å². The van der Waals surface area contributed by atoms with Crippen molar-refractivity contribution in [2.45, 2.75) is 44.4 Å². The van der Waals surface area contributed by atoms with E-state index in [9.17, 15) is 13.2 Å². The van der Waals surface area contributed by atoms with Gasteiger partial charge < -0.3 is 20.9 Å². The highest BCUT2D eigenvalue weighted by atomic mass is 19.4. The summed E-state index contributed by atoms with van der Waals surface area (Å²) in [6.45, 7) is 6.40. The normalized spacial score (nSPS) is 19.2. The number of fused-ring (bicyclic) bond motifs is 1. The molecule has 39 heavy (non-hydrogen) atoms. The lowest BCUT2D eigenvalue weighted by molar-refractivity contribution is -0.137. The minimum atomic E-state index is -4.51. The van der Waals surface area contributed by atoms with Crippen LogP contribution in [0.3, 0.4) is 0 Å². The van der Waals surface area contributed by atoms with Crippen molar-refractivity contribution < 1.29 is 13.2 Å². The number of hydrogen-bond acceptors (Lipinski definition) is 8. The molecule has 4 aromatic rings. The zero-order valence-electron chi connectivity index (χ0n) is 21.5. The van der Waals surface area contributed by atoms with E-state index in [1.165, 1.54) is 38.5 Å². The van der Waals surface area contributed by atoms with Gasteiger partial charge in [-0.05, 0) is 57.0 Å². The van der Waals surface area contributed by atoms with Crippen molar-refractivity contribution in [3.63, 3.8) is 0 Å². The average Bonchev–Trinajstić information content (AvgIpc) is 3.70. The Morgan fingerprint density at radius 1 is 1.08 bits per heavy atom. The Balaban J connectivity index is 1.18. The lowest BCUT2D eigenvalue weighted by atomic mass is 10.1. The van der Waals surface area contributed by atoms with Gasteiger partial charge in [-0.3, -0.25) is 4.90 Å². The number of nitrogens with one attached hydrogen (secondary N) is 2. The molecule has 12 heteroatoms. The number of nitrogen functional groups attached to an aromatic ring is 1. The van der Waals surface area contributed by atoms with E-state index in [4.69, 9.17) is 10.7 Å². The molecule has 4 N–H and O–H groups in total. The highest BCUT2D eigenvalue weighted by Gasteiger charge is 2.32. The highest BCUT2D eigenvalue weighted by molar-refractivity contribution is 5.95. The highest BCUT2D eigenvalue weighted by Crippen LogP contribution is 2.35. The van der Waals surface area contributed by atoms with Gasteiger partial charge in [-0.15, -0.1) is 0 Å². The van der Waals surface area contributed by atoms with E-state index in [0.29, 0.717) is 28.9 Å². The monoisotopic (exact) mass is 537 g/mol. The molecular weight excluding hydrogens is 507 g/mol. The second-order valence-corrected chi connectivity index (χ2v) is 10.3. The van der Waals surface area contributed by atoms with Crippen LogP contribution in [0.2, 0.25) is 0 Å². The number of halogens is 3. The molecule has 0 aliphatic carbocycles. The van der Waals surface area contributed by atoms with Gasteiger partial charge in [0.05, 0.1) is 23.5 Å². The van der Waals surface area contributed by atoms with E-state index in [0.717, 1.165) is 36.7 Å². The first-order valence-corrected chi connectivity index (χ1v) is 13.1.